The standard InChI is InChI=1S/C8H7N5O2/c14-8(9-7-10-12-13-11-7)15-6-4-2-1-3-5-6/h1-5H,(H2,9,10,11,12,13,14). The van der Waals surface area contributed by atoms with Gasteiger partial charge in [-0.1, -0.05) is 23.3 Å². The summed E-state index contributed by atoms with van der Waals surface area (Å²) < 4.78 is 4.92. The zero-order valence-corrected chi connectivity index (χ0v) is 7.54. The number of nitrogens with one attached hydrogen (secondary N) is 2. The normalized spacial score (nSPS) is 9.60. The van der Waals surface area contributed by atoms with E-state index in [1.165, 1.54) is 0 Å². The summed E-state index contributed by atoms with van der Waals surface area (Å²) in [5, 5.41) is 14.8. The summed E-state index contributed by atoms with van der Waals surface area (Å²) in [4.78, 5) is 11.2. The number of ether oxygens (including phenoxy) is 1. The molecule has 2 N–H and O–H groups in total. The number of H-pyrrole nitrogens is 1. The number of amides is 1. The Morgan fingerprint density at radius 2 is 2.13 bits per heavy atom. The van der Waals surface area contributed by atoms with Crippen molar-refractivity contribution in [3.63, 3.8) is 0 Å². The number of tetrazole rings is 1. The highest BCUT2D eigenvalue weighted by molar-refractivity contribution is 5.83. The first-order chi connectivity index (χ1) is 7.34. The number of carbonyl (C=O) groups excluding carboxylic acids is 1. The maximum atomic E-state index is 11.2. The van der Waals surface area contributed by atoms with Crippen LogP contribution in [0, 0.1) is 0 Å². The molecule has 0 radical (unpaired) electrons. The average molecular weight is 205 g/mol. The van der Waals surface area contributed by atoms with Crippen LogP contribution >= 0.6 is 0 Å². The monoisotopic (exact) mass is 205 g/mol. The Balaban J connectivity index is 1.94. The lowest BCUT2D eigenvalue weighted by Crippen LogP contribution is -2.17. The number of hydrogen-bond donors (Lipinski definition) is 2. The van der Waals surface area contributed by atoms with E-state index >= 15 is 0 Å². The molecule has 0 bridgehead atoms. The SMILES string of the molecule is O=C(Nc1nn[nH]n1)Oc1ccccc1. The molecule has 7 heteroatoms. The quantitative estimate of drug-likeness (QED) is 0.756. The Kier molecular flexibility index (Phi) is 2.54. The Labute approximate surface area is 84.5 Å². The second kappa shape index (κ2) is 4.18. The van der Waals surface area contributed by atoms with Gasteiger partial charge in [0.15, 0.2) is 0 Å². The third-order valence-corrected chi connectivity index (χ3v) is 1.51. The van der Waals surface area contributed by atoms with E-state index < -0.39 is 6.09 Å². The van der Waals surface area contributed by atoms with Crippen molar-refractivity contribution < 1.29 is 9.53 Å². The lowest BCUT2D eigenvalue weighted by molar-refractivity contribution is 0.215. The molecule has 0 aliphatic heterocycles. The van der Waals surface area contributed by atoms with Gasteiger partial charge in [-0.05, 0) is 17.3 Å². The maximum absolute atomic E-state index is 11.2. The Morgan fingerprint density at radius 3 is 2.80 bits per heavy atom. The highest BCUT2D eigenvalue weighted by Gasteiger charge is 2.06. The van der Waals surface area contributed by atoms with Gasteiger partial charge in [0, 0.05) is 0 Å². The van der Waals surface area contributed by atoms with Gasteiger partial charge < -0.3 is 4.74 Å². The molecule has 1 heterocycles. The van der Waals surface area contributed by atoms with Crippen LogP contribution in [0.2, 0.25) is 0 Å². The molecule has 2 rings (SSSR count). The zero-order valence-electron chi connectivity index (χ0n) is 7.54. The van der Waals surface area contributed by atoms with Crippen molar-refractivity contribution in [2.45, 2.75) is 0 Å². The molecule has 0 spiro atoms. The van der Waals surface area contributed by atoms with Crippen LogP contribution in [-0.4, -0.2) is 26.7 Å². The van der Waals surface area contributed by atoms with Crippen molar-refractivity contribution in [2.24, 2.45) is 0 Å². The number of para-hydroxylation sites is 1. The summed E-state index contributed by atoms with van der Waals surface area (Å²) in [5.74, 6) is 0.509. The molecule has 7 nitrogen and oxygen atoms in total. The summed E-state index contributed by atoms with van der Waals surface area (Å²) in [6.07, 6.45) is -0.664. The van der Waals surface area contributed by atoms with Crippen molar-refractivity contribution in [2.75, 3.05) is 5.32 Å². The van der Waals surface area contributed by atoms with Crippen LogP contribution in [0.4, 0.5) is 10.7 Å². The van der Waals surface area contributed by atoms with Crippen molar-refractivity contribution in [1.29, 1.82) is 0 Å². The number of nitrogens with zero attached hydrogens (tertiary/aromatic N) is 3. The highest BCUT2D eigenvalue weighted by atomic mass is 16.6. The topological polar surface area (TPSA) is 92.8 Å². The highest BCUT2D eigenvalue weighted by Crippen LogP contribution is 2.08. The van der Waals surface area contributed by atoms with Gasteiger partial charge in [-0.3, -0.25) is 5.32 Å². The summed E-state index contributed by atoms with van der Waals surface area (Å²) in [7, 11) is 0. The molecule has 0 unspecified atom stereocenters. The number of carbonyl (C=O) groups is 1. The van der Waals surface area contributed by atoms with Crippen LogP contribution in [0.15, 0.2) is 30.3 Å². The Hall–Kier alpha value is -2.44. The number of anilines is 1. The van der Waals surface area contributed by atoms with Crippen molar-refractivity contribution >= 4 is 12.0 Å². The molecule has 1 amide bonds. The smallest absolute Gasteiger partial charge is 0.410 e. The second-order valence-corrected chi connectivity index (χ2v) is 2.56. The molecular weight excluding hydrogens is 198 g/mol. The van der Waals surface area contributed by atoms with E-state index in [0.29, 0.717) is 5.75 Å². The van der Waals surface area contributed by atoms with Gasteiger partial charge in [0.25, 0.3) is 5.95 Å². The number of aromatic nitrogens is 4. The average Bonchev–Trinajstić information content (AvgIpc) is 2.71. The molecule has 0 atom stereocenters. The van der Waals surface area contributed by atoms with E-state index in [-0.39, 0.29) is 5.95 Å². The summed E-state index contributed by atoms with van der Waals surface area (Å²) in [6.45, 7) is 0. The Morgan fingerprint density at radius 1 is 1.33 bits per heavy atom. The second-order valence-electron chi connectivity index (χ2n) is 2.56. The summed E-state index contributed by atoms with van der Waals surface area (Å²) in [6, 6.07) is 8.67. The number of hydrogen-bond acceptors (Lipinski definition) is 5. The summed E-state index contributed by atoms with van der Waals surface area (Å²) in [5.41, 5.74) is 0. The van der Waals surface area contributed by atoms with E-state index in [2.05, 4.69) is 25.9 Å². The van der Waals surface area contributed by atoms with Gasteiger partial charge >= 0.3 is 6.09 Å². The molecule has 1 aromatic heterocycles. The predicted octanol–water partition coefficient (Wildman–Crippen LogP) is 0.811. The lowest BCUT2D eigenvalue weighted by Gasteiger charge is -2.02. The fourth-order valence-corrected chi connectivity index (χ4v) is 0.927. The fraction of sp³-hybridized carbons (Fsp3) is 0. The van der Waals surface area contributed by atoms with Crippen LogP contribution in [0.1, 0.15) is 0 Å². The molecule has 0 saturated carbocycles. The van der Waals surface area contributed by atoms with E-state index in [1.54, 1.807) is 24.3 Å². The molecule has 0 fully saturated rings. The van der Waals surface area contributed by atoms with Gasteiger partial charge in [0.1, 0.15) is 5.75 Å². The third-order valence-electron chi connectivity index (χ3n) is 1.51. The van der Waals surface area contributed by atoms with Gasteiger partial charge in [-0.25, -0.2) is 4.79 Å². The maximum Gasteiger partial charge on any atom is 0.419 e. The van der Waals surface area contributed by atoms with E-state index in [4.69, 9.17) is 4.74 Å². The molecule has 0 aliphatic rings. The minimum Gasteiger partial charge on any atom is -0.410 e. The number of aromatic amines is 1. The first-order valence-corrected chi connectivity index (χ1v) is 4.12. The molecule has 2 aromatic rings. The summed E-state index contributed by atoms with van der Waals surface area (Å²) >= 11 is 0. The van der Waals surface area contributed by atoms with Crippen molar-refractivity contribution in [3.8, 4) is 5.75 Å². The van der Waals surface area contributed by atoms with Crippen LogP contribution in [0.25, 0.3) is 0 Å². The first-order valence-electron chi connectivity index (χ1n) is 4.12. The number of benzene rings is 1. The predicted molar refractivity (Wildman–Crippen MR) is 50.3 cm³/mol. The minimum atomic E-state index is -0.664. The molecule has 0 aliphatic carbocycles. The van der Waals surface area contributed by atoms with Gasteiger partial charge in [0.05, 0.1) is 0 Å². The molecule has 76 valence electrons. The van der Waals surface area contributed by atoms with E-state index in [9.17, 15) is 4.79 Å². The van der Waals surface area contributed by atoms with Crippen molar-refractivity contribution in [3.05, 3.63) is 30.3 Å². The first kappa shape index (κ1) is 9.13. The van der Waals surface area contributed by atoms with Crippen LogP contribution < -0.4 is 10.1 Å². The van der Waals surface area contributed by atoms with Gasteiger partial charge in [-0.2, -0.15) is 5.21 Å². The Bertz CT molecular complexity index is 428. The lowest BCUT2D eigenvalue weighted by atomic mass is 10.3. The van der Waals surface area contributed by atoms with E-state index in [1.807, 2.05) is 6.07 Å². The zero-order chi connectivity index (χ0) is 10.5. The molecule has 15 heavy (non-hydrogen) atoms. The van der Waals surface area contributed by atoms with E-state index in [0.717, 1.165) is 0 Å². The molecular formula is C8H7N5O2. The molecule has 0 saturated heterocycles. The van der Waals surface area contributed by atoms with Gasteiger partial charge in [-0.15, -0.1) is 5.10 Å². The van der Waals surface area contributed by atoms with Gasteiger partial charge in [0.2, 0.25) is 0 Å². The minimum absolute atomic E-state index is 0.0657. The van der Waals surface area contributed by atoms with Crippen LogP contribution in [0.3, 0.4) is 0 Å². The van der Waals surface area contributed by atoms with Crippen LogP contribution in [-0.2, 0) is 0 Å². The van der Waals surface area contributed by atoms with Crippen LogP contribution in [0.5, 0.6) is 5.75 Å². The molecule has 1 aromatic carbocycles. The van der Waals surface area contributed by atoms with Crippen molar-refractivity contribution in [1.82, 2.24) is 20.6 Å². The fourth-order valence-electron chi connectivity index (χ4n) is 0.927. The largest absolute Gasteiger partial charge is 0.419 e. The third kappa shape index (κ3) is 2.50. The number of rotatable bonds is 2.